The molecule has 3 aromatic rings. The van der Waals surface area contributed by atoms with Crippen LogP contribution in [-0.4, -0.2) is 15.1 Å². The van der Waals surface area contributed by atoms with Crippen molar-refractivity contribution in [1.29, 1.82) is 0 Å². The molecule has 4 nitrogen and oxygen atoms in total. The number of phenolic OH excluding ortho intramolecular Hbond substituents is 1. The zero-order valence-corrected chi connectivity index (χ0v) is 12.3. The van der Waals surface area contributed by atoms with Crippen LogP contribution in [0.1, 0.15) is 17.0 Å². The number of aryl methyl sites for hydroxylation is 3. The molecule has 0 bridgehead atoms. The monoisotopic (exact) mass is 279 g/mol. The Hall–Kier alpha value is -2.62. The van der Waals surface area contributed by atoms with Crippen LogP contribution in [0, 0.1) is 20.8 Å². The van der Waals surface area contributed by atoms with Gasteiger partial charge in [-0.3, -0.25) is 0 Å². The highest BCUT2D eigenvalue weighted by molar-refractivity contribution is 5.91. The fourth-order valence-electron chi connectivity index (χ4n) is 2.36. The molecule has 0 spiro atoms. The molecular weight excluding hydrogens is 262 g/mol. The van der Waals surface area contributed by atoms with Crippen LogP contribution in [0.2, 0.25) is 0 Å². The van der Waals surface area contributed by atoms with Crippen LogP contribution in [0.5, 0.6) is 5.75 Å². The molecule has 0 aliphatic heterocycles. The van der Waals surface area contributed by atoms with E-state index in [1.54, 1.807) is 12.1 Å². The molecule has 0 saturated heterocycles. The van der Waals surface area contributed by atoms with E-state index in [1.807, 2.05) is 45.0 Å². The van der Waals surface area contributed by atoms with Crippen molar-refractivity contribution in [1.82, 2.24) is 9.97 Å². The average molecular weight is 279 g/mol. The quantitative estimate of drug-likeness (QED) is 0.696. The van der Waals surface area contributed by atoms with Crippen LogP contribution in [0.3, 0.4) is 0 Å². The standard InChI is InChI=1S/C17H17N3O/c1-10-8-13(21)5-7-15(10)20-16-9-12(3)19-17-14(16)6-4-11(2)18-17/h4-9,21H,1-3H3,(H,18,19,20). The van der Waals surface area contributed by atoms with E-state index in [1.165, 1.54) is 0 Å². The molecule has 4 heteroatoms. The predicted molar refractivity (Wildman–Crippen MR) is 85.1 cm³/mol. The zero-order chi connectivity index (χ0) is 15.0. The van der Waals surface area contributed by atoms with Gasteiger partial charge in [0.1, 0.15) is 5.75 Å². The number of nitrogens with zero attached hydrogens (tertiary/aromatic N) is 2. The molecule has 0 unspecified atom stereocenters. The van der Waals surface area contributed by atoms with Gasteiger partial charge in [0.15, 0.2) is 5.65 Å². The predicted octanol–water partition coefficient (Wildman–Crippen LogP) is 4.00. The maximum Gasteiger partial charge on any atom is 0.161 e. The second kappa shape index (κ2) is 5.05. The van der Waals surface area contributed by atoms with Gasteiger partial charge < -0.3 is 10.4 Å². The molecule has 0 atom stereocenters. The van der Waals surface area contributed by atoms with E-state index >= 15 is 0 Å². The Balaban J connectivity index is 2.11. The van der Waals surface area contributed by atoms with Crippen LogP contribution in [-0.2, 0) is 0 Å². The minimum atomic E-state index is 0.270. The number of pyridine rings is 2. The van der Waals surface area contributed by atoms with Crippen molar-refractivity contribution in [2.45, 2.75) is 20.8 Å². The van der Waals surface area contributed by atoms with Gasteiger partial charge >= 0.3 is 0 Å². The number of phenols is 1. The molecule has 106 valence electrons. The summed E-state index contributed by atoms with van der Waals surface area (Å²) < 4.78 is 0. The van der Waals surface area contributed by atoms with E-state index in [-0.39, 0.29) is 5.75 Å². The Kier molecular flexibility index (Phi) is 3.22. The van der Waals surface area contributed by atoms with Crippen molar-refractivity contribution in [3.63, 3.8) is 0 Å². The van der Waals surface area contributed by atoms with Gasteiger partial charge in [0.05, 0.1) is 5.69 Å². The summed E-state index contributed by atoms with van der Waals surface area (Å²) >= 11 is 0. The van der Waals surface area contributed by atoms with Gasteiger partial charge in [0.25, 0.3) is 0 Å². The first-order valence-electron chi connectivity index (χ1n) is 6.84. The summed E-state index contributed by atoms with van der Waals surface area (Å²) in [7, 11) is 0. The van der Waals surface area contributed by atoms with Gasteiger partial charge in [-0.05, 0) is 62.7 Å². The Morgan fingerprint density at radius 2 is 1.62 bits per heavy atom. The summed E-state index contributed by atoms with van der Waals surface area (Å²) in [5.74, 6) is 0.270. The second-order valence-electron chi connectivity index (χ2n) is 5.26. The van der Waals surface area contributed by atoms with E-state index in [9.17, 15) is 5.11 Å². The van der Waals surface area contributed by atoms with Gasteiger partial charge in [-0.2, -0.15) is 0 Å². The molecule has 2 aromatic heterocycles. The molecule has 0 amide bonds. The van der Waals surface area contributed by atoms with Crippen molar-refractivity contribution in [2.75, 3.05) is 5.32 Å². The highest BCUT2D eigenvalue weighted by Gasteiger charge is 2.07. The first kappa shape index (κ1) is 13.4. The number of benzene rings is 1. The maximum absolute atomic E-state index is 9.50. The largest absolute Gasteiger partial charge is 0.508 e. The van der Waals surface area contributed by atoms with E-state index in [2.05, 4.69) is 15.3 Å². The van der Waals surface area contributed by atoms with Crippen molar-refractivity contribution in [2.24, 2.45) is 0 Å². The molecule has 0 aliphatic rings. The van der Waals surface area contributed by atoms with Crippen molar-refractivity contribution >= 4 is 22.4 Å². The third-order valence-corrected chi connectivity index (χ3v) is 3.42. The molecule has 3 rings (SSSR count). The van der Waals surface area contributed by atoms with Crippen molar-refractivity contribution in [3.8, 4) is 5.75 Å². The minimum Gasteiger partial charge on any atom is -0.508 e. The molecule has 2 N–H and O–H groups in total. The summed E-state index contributed by atoms with van der Waals surface area (Å²) in [6.07, 6.45) is 0. The van der Waals surface area contributed by atoms with Crippen molar-refractivity contribution < 1.29 is 5.11 Å². The summed E-state index contributed by atoms with van der Waals surface area (Å²) in [6, 6.07) is 11.3. The van der Waals surface area contributed by atoms with Gasteiger partial charge in [-0.25, -0.2) is 9.97 Å². The SMILES string of the molecule is Cc1ccc2c(Nc3ccc(O)cc3C)cc(C)nc2n1. The lowest BCUT2D eigenvalue weighted by atomic mass is 10.1. The maximum atomic E-state index is 9.50. The van der Waals surface area contributed by atoms with E-state index in [0.717, 1.165) is 39.4 Å². The Morgan fingerprint density at radius 3 is 2.38 bits per heavy atom. The lowest BCUT2D eigenvalue weighted by molar-refractivity contribution is 0.475. The number of fused-ring (bicyclic) bond motifs is 1. The van der Waals surface area contributed by atoms with Crippen LogP contribution in [0.15, 0.2) is 36.4 Å². The third kappa shape index (κ3) is 2.65. The van der Waals surface area contributed by atoms with E-state index in [4.69, 9.17) is 0 Å². The normalized spacial score (nSPS) is 10.8. The molecule has 0 saturated carbocycles. The van der Waals surface area contributed by atoms with E-state index < -0.39 is 0 Å². The first-order chi connectivity index (χ1) is 10.0. The summed E-state index contributed by atoms with van der Waals surface area (Å²) in [6.45, 7) is 5.87. The highest BCUT2D eigenvalue weighted by Crippen LogP contribution is 2.28. The Morgan fingerprint density at radius 1 is 0.857 bits per heavy atom. The number of aromatic nitrogens is 2. The minimum absolute atomic E-state index is 0.270. The Labute approximate surface area is 123 Å². The number of rotatable bonds is 2. The summed E-state index contributed by atoms with van der Waals surface area (Å²) in [5.41, 5.74) is 5.53. The highest BCUT2D eigenvalue weighted by atomic mass is 16.3. The van der Waals surface area contributed by atoms with E-state index in [0.29, 0.717) is 0 Å². The molecular formula is C17H17N3O. The molecule has 0 radical (unpaired) electrons. The Bertz CT molecular complexity index is 822. The molecule has 0 fully saturated rings. The number of hydrogen-bond acceptors (Lipinski definition) is 4. The van der Waals surface area contributed by atoms with Crippen molar-refractivity contribution in [3.05, 3.63) is 53.3 Å². The molecule has 2 heterocycles. The third-order valence-electron chi connectivity index (χ3n) is 3.42. The van der Waals surface area contributed by atoms with Gasteiger partial charge in [0.2, 0.25) is 0 Å². The lowest BCUT2D eigenvalue weighted by Gasteiger charge is -2.13. The molecule has 1 aromatic carbocycles. The van der Waals surface area contributed by atoms with Crippen LogP contribution >= 0.6 is 0 Å². The second-order valence-corrected chi connectivity index (χ2v) is 5.26. The summed E-state index contributed by atoms with van der Waals surface area (Å²) in [4.78, 5) is 8.97. The van der Waals surface area contributed by atoms with Gasteiger partial charge in [-0.15, -0.1) is 0 Å². The van der Waals surface area contributed by atoms with Gasteiger partial charge in [0, 0.05) is 22.5 Å². The average Bonchev–Trinajstić information content (AvgIpc) is 2.41. The number of anilines is 2. The number of nitrogens with one attached hydrogen (secondary N) is 1. The van der Waals surface area contributed by atoms with Crippen LogP contribution in [0.25, 0.3) is 11.0 Å². The lowest BCUT2D eigenvalue weighted by Crippen LogP contribution is -1.98. The molecule has 21 heavy (non-hydrogen) atoms. The number of hydrogen-bond donors (Lipinski definition) is 2. The first-order valence-corrected chi connectivity index (χ1v) is 6.84. The number of aromatic hydroxyl groups is 1. The van der Waals surface area contributed by atoms with Crippen LogP contribution < -0.4 is 5.32 Å². The fourth-order valence-corrected chi connectivity index (χ4v) is 2.36. The summed E-state index contributed by atoms with van der Waals surface area (Å²) in [5, 5.41) is 13.9. The van der Waals surface area contributed by atoms with Gasteiger partial charge in [-0.1, -0.05) is 0 Å². The van der Waals surface area contributed by atoms with Crippen LogP contribution in [0.4, 0.5) is 11.4 Å². The zero-order valence-electron chi connectivity index (χ0n) is 12.3. The molecule has 0 aliphatic carbocycles. The fraction of sp³-hybridized carbons (Fsp3) is 0.176. The topological polar surface area (TPSA) is 58.0 Å². The smallest absolute Gasteiger partial charge is 0.161 e.